The molecule has 0 bridgehead atoms. The summed E-state index contributed by atoms with van der Waals surface area (Å²) in [7, 11) is 0. The van der Waals surface area contributed by atoms with Gasteiger partial charge in [-0.3, -0.25) is 0 Å². The van der Waals surface area contributed by atoms with Gasteiger partial charge in [0.05, 0.1) is 0 Å². The summed E-state index contributed by atoms with van der Waals surface area (Å²) in [6.07, 6.45) is 1.01. The van der Waals surface area contributed by atoms with Crippen molar-refractivity contribution in [1.29, 1.82) is 0 Å². The van der Waals surface area contributed by atoms with Crippen molar-refractivity contribution in [3.63, 3.8) is 0 Å². The van der Waals surface area contributed by atoms with E-state index in [2.05, 4.69) is 11.0 Å². The molecule has 0 heterocycles. The Balaban J connectivity index is 2.45. The topological polar surface area (TPSA) is 59.1 Å². The summed E-state index contributed by atoms with van der Waals surface area (Å²) in [5.41, 5.74) is 6.30. The van der Waals surface area contributed by atoms with Crippen LogP contribution < -0.4 is 16.5 Å². The molecule has 7 heavy (non-hydrogen) atoms. The molecule has 0 unspecified atom stereocenters. The molecule has 3 N–H and O–H groups in total. The highest BCUT2D eigenvalue weighted by molar-refractivity contribution is 4.32. The maximum atomic E-state index is 9.38. The molecule has 0 saturated heterocycles. The number of hydrazine groups is 2. The lowest BCUT2D eigenvalue weighted by Gasteiger charge is -2.08. The molecule has 4 heteroatoms. The molecule has 44 valence electrons. The van der Waals surface area contributed by atoms with E-state index in [9.17, 15) is 5.21 Å². The summed E-state index contributed by atoms with van der Waals surface area (Å²) in [6, 6.07) is 0. The van der Waals surface area contributed by atoms with Crippen molar-refractivity contribution in [3.8, 4) is 0 Å². The van der Waals surface area contributed by atoms with E-state index >= 15 is 0 Å². The van der Waals surface area contributed by atoms with Gasteiger partial charge < -0.3 is 10.8 Å². The lowest BCUT2D eigenvalue weighted by molar-refractivity contribution is 0.488. The molecule has 0 aromatic rings. The Labute approximate surface area is 42.8 Å². The van der Waals surface area contributed by atoms with Crippen LogP contribution >= 0.6 is 0 Å². The van der Waals surface area contributed by atoms with Crippen LogP contribution in [-0.4, -0.2) is 6.54 Å². The maximum absolute atomic E-state index is 9.38. The molecule has 0 saturated carbocycles. The molecule has 0 aliphatic rings. The summed E-state index contributed by atoms with van der Waals surface area (Å²) in [4.78, 5) is 0. The van der Waals surface area contributed by atoms with E-state index in [4.69, 9.17) is 0 Å². The van der Waals surface area contributed by atoms with Crippen molar-refractivity contribution in [1.82, 2.24) is 16.5 Å². The van der Waals surface area contributed by atoms with Crippen LogP contribution in [0.15, 0.2) is 0 Å². The fraction of sp³-hybridized carbons (Fsp3) is 1.00. The van der Waals surface area contributed by atoms with Crippen LogP contribution in [0, 0.1) is 5.21 Å². The Kier molecular flexibility index (Phi) is 5.71. The second kappa shape index (κ2) is 5.84. The van der Waals surface area contributed by atoms with Gasteiger partial charge in [0.15, 0.2) is 0 Å². The molecule has 4 nitrogen and oxygen atoms in total. The van der Waals surface area contributed by atoms with E-state index in [1.165, 1.54) is 5.59 Å². The van der Waals surface area contributed by atoms with Crippen molar-refractivity contribution in [3.05, 3.63) is 5.21 Å². The van der Waals surface area contributed by atoms with E-state index in [1.807, 2.05) is 6.92 Å². The first-order valence-electron chi connectivity index (χ1n) is 2.26. The fourth-order valence-electron chi connectivity index (χ4n) is 0.224. The van der Waals surface area contributed by atoms with E-state index in [0.717, 1.165) is 13.0 Å². The molecule has 0 amide bonds. The first-order valence-corrected chi connectivity index (χ1v) is 2.26. The normalized spacial score (nSPS) is 9.43. The van der Waals surface area contributed by atoms with Gasteiger partial charge in [0.2, 0.25) is 0 Å². The van der Waals surface area contributed by atoms with Crippen molar-refractivity contribution < 1.29 is 0 Å². The summed E-state index contributed by atoms with van der Waals surface area (Å²) >= 11 is 0. The van der Waals surface area contributed by atoms with Gasteiger partial charge in [-0.2, -0.15) is 0 Å². The average molecular weight is 104 g/mol. The molecule has 0 aliphatic carbocycles. The van der Waals surface area contributed by atoms with E-state index < -0.39 is 0 Å². The molecule has 0 aromatic carbocycles. The number of hydrogen-bond donors (Lipinski definition) is 3. The Hall–Kier alpha value is -0.160. The van der Waals surface area contributed by atoms with Gasteiger partial charge in [-0.25, -0.2) is 11.0 Å². The van der Waals surface area contributed by atoms with Crippen LogP contribution in [0.1, 0.15) is 13.3 Å². The summed E-state index contributed by atoms with van der Waals surface area (Å²) in [5.74, 6) is 0. The van der Waals surface area contributed by atoms with Gasteiger partial charge in [0.1, 0.15) is 0 Å². The maximum Gasteiger partial charge on any atom is 0.0110 e. The van der Waals surface area contributed by atoms with Crippen LogP contribution in [0.5, 0.6) is 0 Å². The Morgan fingerprint density at radius 2 is 2.29 bits per heavy atom. The van der Waals surface area contributed by atoms with E-state index in [1.54, 1.807) is 0 Å². The van der Waals surface area contributed by atoms with Crippen molar-refractivity contribution >= 4 is 0 Å². The van der Waals surface area contributed by atoms with Crippen LogP contribution in [-0.2, 0) is 0 Å². The second-order valence-corrected chi connectivity index (χ2v) is 1.15. The highest BCUT2D eigenvalue weighted by atomic mass is 16.5. The molecule has 0 fully saturated rings. The predicted octanol–water partition coefficient (Wildman–Crippen LogP) is -0.507. The van der Waals surface area contributed by atoms with E-state index in [-0.39, 0.29) is 0 Å². The largest absolute Gasteiger partial charge is 0.773 e. The molecule has 0 rings (SSSR count). The van der Waals surface area contributed by atoms with Crippen LogP contribution in [0.4, 0.5) is 0 Å². The molecular formula is C3H10N3O-. The minimum Gasteiger partial charge on any atom is -0.773 e. The third-order valence-corrected chi connectivity index (χ3v) is 0.514. The van der Waals surface area contributed by atoms with E-state index in [0.29, 0.717) is 0 Å². The van der Waals surface area contributed by atoms with Gasteiger partial charge in [0, 0.05) is 6.54 Å². The Morgan fingerprint density at radius 3 is 2.71 bits per heavy atom. The van der Waals surface area contributed by atoms with Crippen LogP contribution in [0.3, 0.4) is 0 Å². The molecule has 0 spiro atoms. The van der Waals surface area contributed by atoms with Gasteiger partial charge >= 0.3 is 0 Å². The quantitative estimate of drug-likeness (QED) is 0.332. The Bertz CT molecular complexity index is 29.4. The number of rotatable bonds is 4. The minimum atomic E-state index is 0.801. The SMILES string of the molecule is CCCNNN[O-]. The Morgan fingerprint density at radius 1 is 1.57 bits per heavy atom. The average Bonchev–Trinajstić information content (AvgIpc) is 1.69. The first-order chi connectivity index (χ1) is 3.41. The second-order valence-electron chi connectivity index (χ2n) is 1.15. The molecule has 0 aromatic heterocycles. The summed E-state index contributed by atoms with van der Waals surface area (Å²) < 4.78 is 0. The third kappa shape index (κ3) is 5.84. The third-order valence-electron chi connectivity index (χ3n) is 0.514. The number of hydrogen-bond acceptors (Lipinski definition) is 4. The highest BCUT2D eigenvalue weighted by Crippen LogP contribution is 1.62. The molecule has 0 atom stereocenters. The van der Waals surface area contributed by atoms with Crippen molar-refractivity contribution in [2.24, 2.45) is 0 Å². The predicted molar refractivity (Wildman–Crippen MR) is 27.9 cm³/mol. The van der Waals surface area contributed by atoms with Gasteiger partial charge in [-0.05, 0) is 6.42 Å². The standard InChI is InChI=1S/C3H10N3O/c1-2-3-4-5-6-7/h4-6H,2-3H2,1H3/q-1. The zero-order chi connectivity index (χ0) is 5.54. The molecule has 0 aliphatic heterocycles. The van der Waals surface area contributed by atoms with Gasteiger partial charge in [-0.15, -0.1) is 0 Å². The lowest BCUT2D eigenvalue weighted by atomic mass is 10.5. The summed E-state index contributed by atoms with van der Waals surface area (Å²) in [6.45, 7) is 2.81. The fourth-order valence-corrected chi connectivity index (χ4v) is 0.224. The monoisotopic (exact) mass is 104 g/mol. The van der Waals surface area contributed by atoms with Crippen molar-refractivity contribution in [2.45, 2.75) is 13.3 Å². The van der Waals surface area contributed by atoms with Crippen LogP contribution in [0.25, 0.3) is 0 Å². The van der Waals surface area contributed by atoms with Gasteiger partial charge in [0.25, 0.3) is 0 Å². The molecular weight excluding hydrogens is 94.1 g/mol. The van der Waals surface area contributed by atoms with Gasteiger partial charge in [-0.1, -0.05) is 6.92 Å². The lowest BCUT2D eigenvalue weighted by Crippen LogP contribution is -2.40. The van der Waals surface area contributed by atoms with Crippen LogP contribution in [0.2, 0.25) is 0 Å². The molecule has 0 radical (unpaired) electrons. The summed E-state index contributed by atoms with van der Waals surface area (Å²) in [5, 5.41) is 9.38. The van der Waals surface area contributed by atoms with Crippen molar-refractivity contribution in [2.75, 3.05) is 6.54 Å². The zero-order valence-corrected chi connectivity index (χ0v) is 4.32. The number of nitrogens with one attached hydrogen (secondary N) is 3. The zero-order valence-electron chi connectivity index (χ0n) is 4.32. The smallest absolute Gasteiger partial charge is 0.0110 e. The highest BCUT2D eigenvalue weighted by Gasteiger charge is 1.71. The minimum absolute atomic E-state index is 0.801. The first kappa shape index (κ1) is 6.84.